The lowest BCUT2D eigenvalue weighted by Gasteiger charge is -2.13. The van der Waals surface area contributed by atoms with Gasteiger partial charge in [0.1, 0.15) is 5.82 Å². The van der Waals surface area contributed by atoms with Crippen LogP contribution in [0.5, 0.6) is 0 Å². The largest absolute Gasteiger partial charge is 0.324 e. The van der Waals surface area contributed by atoms with Crippen molar-refractivity contribution in [3.63, 3.8) is 0 Å². The van der Waals surface area contributed by atoms with Crippen LogP contribution < -0.4 is 10.9 Å². The molecule has 0 unspecified atom stereocenters. The molecule has 3 aromatic carbocycles. The summed E-state index contributed by atoms with van der Waals surface area (Å²) in [5.74, 6) is -0.450. The molecule has 0 radical (unpaired) electrons. The third kappa shape index (κ3) is 4.86. The van der Waals surface area contributed by atoms with E-state index in [9.17, 15) is 14.0 Å². The molecule has 4 rings (SSSR count). The van der Waals surface area contributed by atoms with Gasteiger partial charge in [-0.05, 0) is 42.5 Å². The molecule has 0 aliphatic carbocycles. The van der Waals surface area contributed by atoms with Crippen molar-refractivity contribution in [1.82, 2.24) is 9.55 Å². The first-order valence-electron chi connectivity index (χ1n) is 9.48. The molecule has 0 saturated heterocycles. The maximum absolute atomic E-state index is 13.9. The zero-order chi connectivity index (χ0) is 21.8. The Hall–Kier alpha value is -2.97. The summed E-state index contributed by atoms with van der Waals surface area (Å²) in [4.78, 5) is 30.1. The molecule has 1 heterocycles. The van der Waals surface area contributed by atoms with Gasteiger partial charge in [-0.15, -0.1) is 0 Å². The SMILES string of the molecule is O=C(CCSc1nc2ccccc2c(=O)n1-c1ccccc1)Nc1ccc(Br)cc1F. The number of amides is 1. The lowest BCUT2D eigenvalue weighted by molar-refractivity contribution is -0.115. The minimum Gasteiger partial charge on any atom is -0.324 e. The molecular formula is C23H17BrFN3O2S. The summed E-state index contributed by atoms with van der Waals surface area (Å²) in [5, 5.41) is 3.60. The van der Waals surface area contributed by atoms with Crippen LogP contribution in [0.4, 0.5) is 10.1 Å². The lowest BCUT2D eigenvalue weighted by Crippen LogP contribution is -2.22. The molecule has 1 aromatic heterocycles. The summed E-state index contributed by atoms with van der Waals surface area (Å²) in [6.07, 6.45) is 0.137. The van der Waals surface area contributed by atoms with E-state index in [4.69, 9.17) is 0 Å². The second kappa shape index (κ2) is 9.45. The first-order valence-corrected chi connectivity index (χ1v) is 11.3. The molecule has 0 atom stereocenters. The second-order valence-corrected chi connectivity index (χ2v) is 8.64. The van der Waals surface area contributed by atoms with Crippen molar-refractivity contribution >= 4 is 50.2 Å². The van der Waals surface area contributed by atoms with E-state index in [1.54, 1.807) is 28.8 Å². The number of fused-ring (bicyclic) bond motifs is 1. The van der Waals surface area contributed by atoms with Crippen LogP contribution in [0.3, 0.4) is 0 Å². The minimum absolute atomic E-state index is 0.128. The van der Waals surface area contributed by atoms with Gasteiger partial charge in [-0.25, -0.2) is 9.37 Å². The van der Waals surface area contributed by atoms with E-state index in [-0.39, 0.29) is 23.6 Å². The van der Waals surface area contributed by atoms with Gasteiger partial charge in [0, 0.05) is 16.6 Å². The first kappa shape index (κ1) is 21.3. The highest BCUT2D eigenvalue weighted by molar-refractivity contribution is 9.10. The summed E-state index contributed by atoms with van der Waals surface area (Å²) in [6, 6.07) is 20.9. The van der Waals surface area contributed by atoms with Crippen molar-refractivity contribution in [2.75, 3.05) is 11.1 Å². The Morgan fingerprint density at radius 2 is 1.81 bits per heavy atom. The van der Waals surface area contributed by atoms with Crippen molar-refractivity contribution in [2.45, 2.75) is 11.6 Å². The highest BCUT2D eigenvalue weighted by atomic mass is 79.9. The Morgan fingerprint density at radius 1 is 1.06 bits per heavy atom. The Balaban J connectivity index is 1.55. The Kier molecular flexibility index (Phi) is 6.48. The van der Waals surface area contributed by atoms with Gasteiger partial charge in [-0.2, -0.15) is 0 Å². The molecule has 0 saturated carbocycles. The van der Waals surface area contributed by atoms with Gasteiger partial charge in [0.25, 0.3) is 5.56 Å². The van der Waals surface area contributed by atoms with Gasteiger partial charge in [0.15, 0.2) is 5.16 Å². The number of nitrogens with zero attached hydrogens (tertiary/aromatic N) is 2. The number of aromatic nitrogens is 2. The Morgan fingerprint density at radius 3 is 2.58 bits per heavy atom. The van der Waals surface area contributed by atoms with E-state index in [0.29, 0.717) is 32.0 Å². The van der Waals surface area contributed by atoms with Gasteiger partial charge in [0.2, 0.25) is 5.91 Å². The fraction of sp³-hybridized carbons (Fsp3) is 0.0870. The van der Waals surface area contributed by atoms with E-state index < -0.39 is 5.82 Å². The highest BCUT2D eigenvalue weighted by Gasteiger charge is 2.14. The molecular weight excluding hydrogens is 481 g/mol. The minimum atomic E-state index is -0.510. The fourth-order valence-corrected chi connectivity index (χ4v) is 4.34. The van der Waals surface area contributed by atoms with Crippen LogP contribution in [0.25, 0.3) is 16.6 Å². The van der Waals surface area contributed by atoms with E-state index >= 15 is 0 Å². The Bertz CT molecular complexity index is 1310. The number of rotatable bonds is 6. The Labute approximate surface area is 190 Å². The molecule has 0 fully saturated rings. The van der Waals surface area contributed by atoms with Crippen LogP contribution in [0.2, 0.25) is 0 Å². The van der Waals surface area contributed by atoms with Crippen LogP contribution in [0.1, 0.15) is 6.42 Å². The van der Waals surface area contributed by atoms with Crippen LogP contribution in [-0.4, -0.2) is 21.2 Å². The number of para-hydroxylation sites is 2. The van der Waals surface area contributed by atoms with Crippen LogP contribution in [0.15, 0.2) is 87.2 Å². The number of thioether (sulfide) groups is 1. The van der Waals surface area contributed by atoms with Crippen molar-refractivity contribution in [2.24, 2.45) is 0 Å². The van der Waals surface area contributed by atoms with Crippen LogP contribution >= 0.6 is 27.7 Å². The van der Waals surface area contributed by atoms with Crippen LogP contribution in [-0.2, 0) is 4.79 Å². The zero-order valence-corrected chi connectivity index (χ0v) is 18.6. The average molecular weight is 498 g/mol. The first-order chi connectivity index (χ1) is 15.0. The number of anilines is 1. The van der Waals surface area contributed by atoms with E-state index in [0.717, 1.165) is 0 Å². The normalized spacial score (nSPS) is 10.9. The molecule has 8 heteroatoms. The predicted molar refractivity (Wildman–Crippen MR) is 125 cm³/mol. The number of benzene rings is 3. The maximum Gasteiger partial charge on any atom is 0.266 e. The van der Waals surface area contributed by atoms with Crippen LogP contribution in [0, 0.1) is 5.82 Å². The third-order valence-corrected chi connectivity index (χ3v) is 5.96. The van der Waals surface area contributed by atoms with E-state index in [1.807, 2.05) is 36.4 Å². The van der Waals surface area contributed by atoms with Crippen molar-refractivity contribution in [3.8, 4) is 5.69 Å². The van der Waals surface area contributed by atoms with Gasteiger partial charge in [0.05, 0.1) is 22.3 Å². The smallest absolute Gasteiger partial charge is 0.266 e. The van der Waals surface area contributed by atoms with Gasteiger partial charge >= 0.3 is 0 Å². The number of hydrogen-bond donors (Lipinski definition) is 1. The molecule has 0 aliphatic heterocycles. The zero-order valence-electron chi connectivity index (χ0n) is 16.2. The number of hydrogen-bond acceptors (Lipinski definition) is 4. The molecule has 0 spiro atoms. The lowest BCUT2D eigenvalue weighted by atomic mass is 10.2. The van der Waals surface area contributed by atoms with Crippen molar-refractivity contribution in [3.05, 3.63) is 93.4 Å². The number of nitrogens with one attached hydrogen (secondary N) is 1. The molecule has 1 N–H and O–H groups in total. The standard InChI is InChI=1S/C23H17BrFN3O2S/c24-15-10-11-20(18(25)14-15)26-21(29)12-13-31-23-27-19-9-5-4-8-17(19)22(30)28(23)16-6-2-1-3-7-16/h1-11,14H,12-13H2,(H,26,29). The number of carbonyl (C=O) groups is 1. The summed E-state index contributed by atoms with van der Waals surface area (Å²) >= 11 is 4.49. The summed E-state index contributed by atoms with van der Waals surface area (Å²) in [7, 11) is 0. The molecule has 31 heavy (non-hydrogen) atoms. The molecule has 4 aromatic rings. The van der Waals surface area contributed by atoms with Gasteiger partial charge in [-0.1, -0.05) is 58.0 Å². The summed E-state index contributed by atoms with van der Waals surface area (Å²) in [6.45, 7) is 0. The summed E-state index contributed by atoms with van der Waals surface area (Å²) < 4.78 is 16.1. The molecule has 5 nitrogen and oxygen atoms in total. The van der Waals surface area contributed by atoms with E-state index in [1.165, 1.54) is 23.9 Å². The molecule has 156 valence electrons. The molecule has 1 amide bonds. The fourth-order valence-electron chi connectivity index (χ4n) is 3.05. The average Bonchev–Trinajstić information content (AvgIpc) is 2.76. The maximum atomic E-state index is 13.9. The monoisotopic (exact) mass is 497 g/mol. The van der Waals surface area contributed by atoms with Crippen molar-refractivity contribution < 1.29 is 9.18 Å². The van der Waals surface area contributed by atoms with Gasteiger partial charge < -0.3 is 5.32 Å². The molecule has 0 bridgehead atoms. The number of carbonyl (C=O) groups excluding carboxylic acids is 1. The van der Waals surface area contributed by atoms with Crippen molar-refractivity contribution in [1.29, 1.82) is 0 Å². The number of halogens is 2. The predicted octanol–water partition coefficient (Wildman–Crippen LogP) is 5.41. The topological polar surface area (TPSA) is 64.0 Å². The van der Waals surface area contributed by atoms with Gasteiger partial charge in [-0.3, -0.25) is 14.2 Å². The quantitative estimate of drug-likeness (QED) is 0.285. The van der Waals surface area contributed by atoms with E-state index in [2.05, 4.69) is 26.2 Å². The highest BCUT2D eigenvalue weighted by Crippen LogP contribution is 2.23. The third-order valence-electron chi connectivity index (χ3n) is 4.52. The molecule has 0 aliphatic rings. The second-order valence-electron chi connectivity index (χ2n) is 6.66. The summed E-state index contributed by atoms with van der Waals surface area (Å²) in [5.41, 5.74) is 1.27.